The molecular weight excluding hydrogens is 300 g/mol. The van der Waals surface area contributed by atoms with Gasteiger partial charge in [0.05, 0.1) is 7.11 Å². The lowest BCUT2D eigenvalue weighted by molar-refractivity contribution is 0.415. The van der Waals surface area contributed by atoms with E-state index in [1.54, 1.807) is 18.4 Å². The minimum Gasteiger partial charge on any atom is -0.497 e. The molecule has 3 nitrogen and oxygen atoms in total. The first kappa shape index (κ1) is 10.8. The molecule has 0 bridgehead atoms. The average Bonchev–Trinajstić information content (AvgIpc) is 2.93. The summed E-state index contributed by atoms with van der Waals surface area (Å²) >= 11 is 5.20. The summed E-state index contributed by atoms with van der Waals surface area (Å²) in [6, 6.07) is 7.90. The van der Waals surface area contributed by atoms with E-state index >= 15 is 0 Å². The van der Waals surface area contributed by atoms with Gasteiger partial charge in [-0.05, 0) is 28.1 Å². The molecule has 0 radical (unpaired) electrons. The number of halogens is 1. The molecule has 0 aliphatic heterocycles. The Balaban J connectivity index is 2.19. The topological polar surface area (TPSA) is 26.5 Å². The lowest BCUT2D eigenvalue weighted by Gasteiger charge is -2.02. The second-order valence-corrected chi connectivity index (χ2v) is 5.16. The van der Waals surface area contributed by atoms with Crippen LogP contribution in [0.1, 0.15) is 0 Å². The van der Waals surface area contributed by atoms with Crippen LogP contribution in [0.5, 0.6) is 5.75 Å². The Morgan fingerprint density at radius 3 is 3.06 bits per heavy atom. The van der Waals surface area contributed by atoms with Crippen molar-refractivity contribution in [1.82, 2.24) is 9.38 Å². The van der Waals surface area contributed by atoms with Crippen molar-refractivity contribution in [2.75, 3.05) is 7.11 Å². The van der Waals surface area contributed by atoms with Crippen molar-refractivity contribution in [1.29, 1.82) is 0 Å². The number of methoxy groups -OCH3 is 1. The van der Waals surface area contributed by atoms with Crippen molar-refractivity contribution in [3.05, 3.63) is 40.4 Å². The van der Waals surface area contributed by atoms with E-state index in [0.717, 1.165) is 26.6 Å². The first-order chi connectivity index (χ1) is 8.29. The van der Waals surface area contributed by atoms with Crippen LogP contribution in [-0.2, 0) is 0 Å². The van der Waals surface area contributed by atoms with E-state index in [1.807, 2.05) is 40.2 Å². The van der Waals surface area contributed by atoms with Gasteiger partial charge in [-0.15, -0.1) is 11.3 Å². The van der Waals surface area contributed by atoms with Gasteiger partial charge in [-0.25, -0.2) is 4.98 Å². The highest BCUT2D eigenvalue weighted by Crippen LogP contribution is 2.32. The number of thiazole rings is 1. The van der Waals surface area contributed by atoms with Crippen LogP contribution in [0.4, 0.5) is 0 Å². The summed E-state index contributed by atoms with van der Waals surface area (Å²) in [7, 11) is 1.67. The van der Waals surface area contributed by atoms with E-state index in [2.05, 4.69) is 20.9 Å². The highest BCUT2D eigenvalue weighted by atomic mass is 79.9. The third-order valence-electron chi connectivity index (χ3n) is 2.55. The molecule has 3 aromatic rings. The first-order valence-electron chi connectivity index (χ1n) is 5.05. The Kier molecular flexibility index (Phi) is 2.64. The maximum atomic E-state index is 5.22. The van der Waals surface area contributed by atoms with Crippen LogP contribution in [-0.4, -0.2) is 16.5 Å². The standard InChI is InChI=1S/C12H9BrN2OS/c1-16-9-4-2-3-8(7-9)10-11(13)15-5-6-17-12(15)14-10/h2-7H,1H3. The van der Waals surface area contributed by atoms with Gasteiger partial charge in [0.15, 0.2) is 4.96 Å². The predicted molar refractivity (Wildman–Crippen MR) is 72.8 cm³/mol. The molecule has 0 unspecified atom stereocenters. The Bertz CT molecular complexity index is 674. The zero-order valence-electron chi connectivity index (χ0n) is 9.05. The average molecular weight is 309 g/mol. The molecule has 2 aromatic heterocycles. The monoisotopic (exact) mass is 308 g/mol. The summed E-state index contributed by atoms with van der Waals surface area (Å²) in [5.41, 5.74) is 1.99. The fourth-order valence-corrected chi connectivity index (χ4v) is 3.15. The fourth-order valence-electron chi connectivity index (χ4n) is 1.71. The van der Waals surface area contributed by atoms with Crippen LogP contribution in [0.2, 0.25) is 0 Å². The molecule has 0 saturated carbocycles. The molecule has 0 saturated heterocycles. The number of rotatable bonds is 2. The van der Waals surface area contributed by atoms with Crippen LogP contribution >= 0.6 is 27.3 Å². The maximum Gasteiger partial charge on any atom is 0.195 e. The van der Waals surface area contributed by atoms with E-state index < -0.39 is 0 Å². The van der Waals surface area contributed by atoms with Gasteiger partial charge >= 0.3 is 0 Å². The molecule has 0 aliphatic rings. The van der Waals surface area contributed by atoms with Crippen molar-refractivity contribution in [2.24, 2.45) is 0 Å². The molecule has 2 heterocycles. The minimum atomic E-state index is 0.839. The second kappa shape index (κ2) is 4.16. The third kappa shape index (κ3) is 1.75. The molecule has 1 aromatic carbocycles. The van der Waals surface area contributed by atoms with Crippen molar-refractivity contribution >= 4 is 32.2 Å². The number of aromatic nitrogens is 2. The van der Waals surface area contributed by atoms with Gasteiger partial charge in [0, 0.05) is 17.1 Å². The summed E-state index contributed by atoms with van der Waals surface area (Å²) in [6.45, 7) is 0. The number of hydrogen-bond donors (Lipinski definition) is 0. The van der Waals surface area contributed by atoms with Crippen molar-refractivity contribution < 1.29 is 4.74 Å². The molecule has 0 spiro atoms. The van der Waals surface area contributed by atoms with E-state index in [1.165, 1.54) is 0 Å². The van der Waals surface area contributed by atoms with Gasteiger partial charge in [0.1, 0.15) is 16.0 Å². The van der Waals surface area contributed by atoms with E-state index in [-0.39, 0.29) is 0 Å². The van der Waals surface area contributed by atoms with Crippen LogP contribution in [0.25, 0.3) is 16.2 Å². The van der Waals surface area contributed by atoms with E-state index in [0.29, 0.717) is 0 Å². The highest BCUT2D eigenvalue weighted by Gasteiger charge is 2.12. The normalized spacial score (nSPS) is 10.9. The van der Waals surface area contributed by atoms with Crippen LogP contribution in [0.15, 0.2) is 40.4 Å². The number of imidazole rings is 1. The molecule has 0 amide bonds. The number of benzene rings is 1. The fraction of sp³-hybridized carbons (Fsp3) is 0.0833. The smallest absolute Gasteiger partial charge is 0.195 e. The Morgan fingerprint density at radius 2 is 2.29 bits per heavy atom. The lowest BCUT2D eigenvalue weighted by atomic mass is 10.1. The molecule has 0 aliphatic carbocycles. The van der Waals surface area contributed by atoms with Gasteiger partial charge in [0.2, 0.25) is 0 Å². The second-order valence-electron chi connectivity index (χ2n) is 3.54. The number of hydrogen-bond acceptors (Lipinski definition) is 3. The van der Waals surface area contributed by atoms with Crippen LogP contribution in [0.3, 0.4) is 0 Å². The molecule has 86 valence electrons. The van der Waals surface area contributed by atoms with Gasteiger partial charge < -0.3 is 4.74 Å². The lowest BCUT2D eigenvalue weighted by Crippen LogP contribution is -1.84. The van der Waals surface area contributed by atoms with Crippen LogP contribution < -0.4 is 4.74 Å². The zero-order valence-corrected chi connectivity index (χ0v) is 11.5. The number of ether oxygens (including phenoxy) is 1. The highest BCUT2D eigenvalue weighted by molar-refractivity contribution is 9.10. The predicted octanol–water partition coefficient (Wildman–Crippen LogP) is 3.83. The molecule has 0 atom stereocenters. The molecule has 5 heteroatoms. The molecule has 0 fully saturated rings. The summed E-state index contributed by atoms with van der Waals surface area (Å²) in [5, 5.41) is 2.02. The third-order valence-corrected chi connectivity index (χ3v) is 4.06. The van der Waals surface area contributed by atoms with E-state index in [4.69, 9.17) is 4.74 Å². The maximum absolute atomic E-state index is 5.22. The molecular formula is C12H9BrN2OS. The summed E-state index contributed by atoms with van der Waals surface area (Å²) < 4.78 is 8.23. The summed E-state index contributed by atoms with van der Waals surface area (Å²) in [4.78, 5) is 5.58. The minimum absolute atomic E-state index is 0.839. The Hall–Kier alpha value is -1.33. The van der Waals surface area contributed by atoms with Gasteiger partial charge in [0.25, 0.3) is 0 Å². The first-order valence-corrected chi connectivity index (χ1v) is 6.72. The van der Waals surface area contributed by atoms with Crippen molar-refractivity contribution in [3.63, 3.8) is 0 Å². The Labute approximate surface area is 111 Å². The SMILES string of the molecule is COc1cccc(-c2nc3sccn3c2Br)c1. The molecule has 17 heavy (non-hydrogen) atoms. The number of nitrogens with zero attached hydrogens (tertiary/aromatic N) is 2. The zero-order chi connectivity index (χ0) is 11.8. The quantitative estimate of drug-likeness (QED) is 0.719. The van der Waals surface area contributed by atoms with Crippen molar-refractivity contribution in [2.45, 2.75) is 0 Å². The molecule has 3 rings (SSSR count). The number of fused-ring (bicyclic) bond motifs is 1. The summed E-state index contributed by atoms with van der Waals surface area (Å²) in [5.74, 6) is 0.839. The Morgan fingerprint density at radius 1 is 1.41 bits per heavy atom. The van der Waals surface area contributed by atoms with Gasteiger partial charge in [-0.2, -0.15) is 0 Å². The van der Waals surface area contributed by atoms with Crippen molar-refractivity contribution in [3.8, 4) is 17.0 Å². The molecule has 0 N–H and O–H groups in total. The van der Waals surface area contributed by atoms with Gasteiger partial charge in [-0.1, -0.05) is 12.1 Å². The van der Waals surface area contributed by atoms with Gasteiger partial charge in [-0.3, -0.25) is 4.40 Å². The largest absolute Gasteiger partial charge is 0.497 e. The van der Waals surface area contributed by atoms with E-state index in [9.17, 15) is 0 Å². The summed E-state index contributed by atoms with van der Waals surface area (Å²) in [6.07, 6.45) is 2.00. The van der Waals surface area contributed by atoms with Crippen LogP contribution in [0, 0.1) is 0 Å².